The maximum atomic E-state index is 13.5. The number of hydrogen-bond donors (Lipinski definition) is 3. The molecule has 1 fully saturated rings. The van der Waals surface area contributed by atoms with Gasteiger partial charge in [-0.2, -0.15) is 0 Å². The molecule has 7 nitrogen and oxygen atoms in total. The van der Waals surface area contributed by atoms with Crippen LogP contribution < -0.4 is 21.3 Å². The number of anilines is 1. The summed E-state index contributed by atoms with van der Waals surface area (Å²) >= 11 is 7.77. The average Bonchev–Trinajstić information content (AvgIpc) is 3.43. The quantitative estimate of drug-likeness (QED) is 0.347. The third-order valence-electron chi connectivity index (χ3n) is 6.48. The summed E-state index contributed by atoms with van der Waals surface area (Å²) in [4.78, 5) is 31.3. The predicted octanol–water partition coefficient (Wildman–Crippen LogP) is 3.42. The van der Waals surface area contributed by atoms with Crippen molar-refractivity contribution in [3.05, 3.63) is 87.1 Å². The molecule has 37 heavy (non-hydrogen) atoms. The van der Waals surface area contributed by atoms with Crippen molar-refractivity contribution in [3.63, 3.8) is 0 Å². The second-order valence-corrected chi connectivity index (χ2v) is 10.6. The summed E-state index contributed by atoms with van der Waals surface area (Å²) in [6.45, 7) is 4.53. The maximum Gasteiger partial charge on any atom is 0.245 e. The minimum Gasteiger partial charge on any atom is -0.368 e. The van der Waals surface area contributed by atoms with Crippen LogP contribution in [0, 0.1) is 0 Å². The zero-order valence-electron chi connectivity index (χ0n) is 20.9. The normalized spacial score (nSPS) is 14.4. The van der Waals surface area contributed by atoms with Crippen LogP contribution in [0.5, 0.6) is 0 Å². The standard InChI is InChI=1S/C28H34ClN5O2S/c29-23-9-7-21(8-10-23)18-25(32-27(35)11-12-30)28(36)34-15-13-33(14-16-34)26-6-2-1-4-22(26)19-31-20-24-5-3-17-37-24/h1-10,17,25,31H,11-16,18-20,30H2,(H,32,35)/t25-/m1/s1. The summed E-state index contributed by atoms with van der Waals surface area (Å²) in [6, 6.07) is 19.4. The van der Waals surface area contributed by atoms with Crippen LogP contribution in [0.2, 0.25) is 5.02 Å². The number of amides is 2. The number of carbonyl (C=O) groups is 2. The molecule has 4 N–H and O–H groups in total. The van der Waals surface area contributed by atoms with Crippen molar-refractivity contribution < 1.29 is 9.59 Å². The van der Waals surface area contributed by atoms with Gasteiger partial charge in [-0.05, 0) is 40.8 Å². The second kappa shape index (κ2) is 13.6. The molecule has 2 aromatic carbocycles. The van der Waals surface area contributed by atoms with Gasteiger partial charge >= 0.3 is 0 Å². The lowest BCUT2D eigenvalue weighted by atomic mass is 10.0. The van der Waals surface area contributed by atoms with Gasteiger partial charge in [0.25, 0.3) is 0 Å². The van der Waals surface area contributed by atoms with Crippen LogP contribution in [-0.4, -0.2) is 55.5 Å². The summed E-state index contributed by atoms with van der Waals surface area (Å²) in [5, 5.41) is 9.17. The molecular weight excluding hydrogens is 506 g/mol. The van der Waals surface area contributed by atoms with Gasteiger partial charge in [-0.1, -0.05) is 48.0 Å². The predicted molar refractivity (Wildman–Crippen MR) is 151 cm³/mol. The van der Waals surface area contributed by atoms with Crippen LogP contribution in [0.1, 0.15) is 22.4 Å². The van der Waals surface area contributed by atoms with Gasteiger partial charge in [-0.15, -0.1) is 11.3 Å². The number of halogens is 1. The largest absolute Gasteiger partial charge is 0.368 e. The number of para-hydroxylation sites is 1. The minimum atomic E-state index is -0.638. The summed E-state index contributed by atoms with van der Waals surface area (Å²) in [7, 11) is 0. The number of thiophene rings is 1. The van der Waals surface area contributed by atoms with Crippen LogP contribution in [-0.2, 0) is 29.1 Å². The molecule has 1 aliphatic heterocycles. The van der Waals surface area contributed by atoms with E-state index in [0.717, 1.165) is 31.7 Å². The van der Waals surface area contributed by atoms with Gasteiger partial charge in [0.1, 0.15) is 6.04 Å². The summed E-state index contributed by atoms with van der Waals surface area (Å²) in [5.41, 5.74) is 8.93. The van der Waals surface area contributed by atoms with Gasteiger partial charge in [-0.3, -0.25) is 9.59 Å². The molecule has 2 heterocycles. The zero-order valence-corrected chi connectivity index (χ0v) is 22.4. The highest BCUT2D eigenvalue weighted by Crippen LogP contribution is 2.23. The van der Waals surface area contributed by atoms with E-state index in [4.69, 9.17) is 17.3 Å². The van der Waals surface area contributed by atoms with Gasteiger partial charge in [0.15, 0.2) is 0 Å². The topological polar surface area (TPSA) is 90.7 Å². The third kappa shape index (κ3) is 7.79. The molecule has 0 aliphatic carbocycles. The molecule has 4 rings (SSSR count). The summed E-state index contributed by atoms with van der Waals surface area (Å²) in [6.07, 6.45) is 0.598. The Balaban J connectivity index is 1.37. The highest BCUT2D eigenvalue weighted by Gasteiger charge is 2.29. The molecule has 0 bridgehead atoms. The van der Waals surface area contributed by atoms with Crippen molar-refractivity contribution in [2.45, 2.75) is 32.0 Å². The van der Waals surface area contributed by atoms with Crippen LogP contribution >= 0.6 is 22.9 Å². The van der Waals surface area contributed by atoms with Crippen molar-refractivity contribution >= 4 is 40.4 Å². The monoisotopic (exact) mass is 539 g/mol. The first-order valence-corrected chi connectivity index (χ1v) is 13.9. The molecule has 0 unspecified atom stereocenters. The van der Waals surface area contributed by atoms with E-state index in [2.05, 4.69) is 57.3 Å². The molecule has 3 aromatic rings. The highest BCUT2D eigenvalue weighted by atomic mass is 35.5. The van der Waals surface area contributed by atoms with E-state index in [0.29, 0.717) is 24.5 Å². The SMILES string of the molecule is NCCC(=O)N[C@H](Cc1ccc(Cl)cc1)C(=O)N1CCN(c2ccccc2CNCc2cccs2)CC1. The van der Waals surface area contributed by atoms with Crippen molar-refractivity contribution in [2.75, 3.05) is 37.6 Å². The van der Waals surface area contributed by atoms with Crippen LogP contribution in [0.15, 0.2) is 66.0 Å². The van der Waals surface area contributed by atoms with E-state index in [1.807, 2.05) is 17.0 Å². The molecule has 0 radical (unpaired) electrons. The van der Waals surface area contributed by atoms with Crippen LogP contribution in [0.4, 0.5) is 5.69 Å². The molecule has 1 aliphatic rings. The van der Waals surface area contributed by atoms with E-state index >= 15 is 0 Å². The first-order valence-electron chi connectivity index (χ1n) is 12.6. The van der Waals surface area contributed by atoms with Gasteiger partial charge in [0, 0.05) is 74.2 Å². The first-order chi connectivity index (χ1) is 18.0. The Hall–Kier alpha value is -2.91. The van der Waals surface area contributed by atoms with E-state index in [1.54, 1.807) is 23.5 Å². The Kier molecular flexibility index (Phi) is 9.96. The third-order valence-corrected chi connectivity index (χ3v) is 7.60. The lowest BCUT2D eigenvalue weighted by molar-refractivity contribution is -0.136. The molecule has 0 saturated carbocycles. The fraction of sp³-hybridized carbons (Fsp3) is 0.357. The Bertz CT molecular complexity index is 1150. The molecule has 9 heteroatoms. The fourth-order valence-corrected chi connectivity index (χ4v) is 5.34. The van der Waals surface area contributed by atoms with Gasteiger partial charge in [0.2, 0.25) is 11.8 Å². The van der Waals surface area contributed by atoms with E-state index in [1.165, 1.54) is 16.1 Å². The van der Waals surface area contributed by atoms with Crippen molar-refractivity contribution in [2.24, 2.45) is 5.73 Å². The lowest BCUT2D eigenvalue weighted by Gasteiger charge is -2.38. The van der Waals surface area contributed by atoms with Crippen molar-refractivity contribution in [1.29, 1.82) is 0 Å². The van der Waals surface area contributed by atoms with Gasteiger partial charge in [-0.25, -0.2) is 0 Å². The van der Waals surface area contributed by atoms with Gasteiger partial charge < -0.3 is 26.2 Å². The molecule has 1 aromatic heterocycles. The number of piperazine rings is 1. The molecular formula is C28H34ClN5O2S. The van der Waals surface area contributed by atoms with E-state index in [-0.39, 0.29) is 24.8 Å². The first kappa shape index (κ1) is 27.1. The molecule has 1 saturated heterocycles. The Morgan fingerprint density at radius 3 is 2.43 bits per heavy atom. The minimum absolute atomic E-state index is 0.0640. The number of hydrogen-bond acceptors (Lipinski definition) is 6. The van der Waals surface area contributed by atoms with Crippen LogP contribution in [0.25, 0.3) is 0 Å². The Morgan fingerprint density at radius 1 is 0.973 bits per heavy atom. The molecule has 0 spiro atoms. The van der Waals surface area contributed by atoms with Crippen LogP contribution in [0.3, 0.4) is 0 Å². The number of nitrogens with one attached hydrogen (secondary N) is 2. The number of nitrogens with zero attached hydrogens (tertiary/aromatic N) is 2. The van der Waals surface area contributed by atoms with Crippen molar-refractivity contribution in [3.8, 4) is 0 Å². The number of benzene rings is 2. The molecule has 1 atom stereocenters. The highest BCUT2D eigenvalue weighted by molar-refractivity contribution is 7.09. The summed E-state index contributed by atoms with van der Waals surface area (Å²) < 4.78 is 0. The maximum absolute atomic E-state index is 13.5. The molecule has 196 valence electrons. The smallest absolute Gasteiger partial charge is 0.245 e. The lowest BCUT2D eigenvalue weighted by Crippen LogP contribution is -2.55. The Morgan fingerprint density at radius 2 is 1.73 bits per heavy atom. The number of rotatable bonds is 11. The van der Waals surface area contributed by atoms with E-state index < -0.39 is 6.04 Å². The fourth-order valence-electron chi connectivity index (χ4n) is 4.54. The van der Waals surface area contributed by atoms with Gasteiger partial charge in [0.05, 0.1) is 0 Å². The summed E-state index contributed by atoms with van der Waals surface area (Å²) in [5.74, 6) is -0.275. The average molecular weight is 540 g/mol. The van der Waals surface area contributed by atoms with Crippen molar-refractivity contribution in [1.82, 2.24) is 15.5 Å². The molecule has 2 amide bonds. The number of nitrogens with two attached hydrogens (primary N) is 1. The second-order valence-electron chi connectivity index (χ2n) is 9.11. The number of carbonyl (C=O) groups excluding carboxylic acids is 2. The Labute approximate surface area is 227 Å². The van der Waals surface area contributed by atoms with E-state index in [9.17, 15) is 9.59 Å². The zero-order chi connectivity index (χ0) is 26.0.